The number of aryl methyl sites for hydroxylation is 2. The number of aromatic nitrogens is 1. The summed E-state index contributed by atoms with van der Waals surface area (Å²) in [6.45, 7) is 2.06. The third-order valence-electron chi connectivity index (χ3n) is 8.37. The van der Waals surface area contributed by atoms with Crippen molar-refractivity contribution in [1.29, 1.82) is 0 Å². The lowest BCUT2D eigenvalue weighted by atomic mass is 9.92. The Morgan fingerprint density at radius 2 is 1.83 bits per heavy atom. The van der Waals surface area contributed by atoms with Gasteiger partial charge in [-0.05, 0) is 50.2 Å². The minimum Gasteiger partial charge on any atom is -0.350 e. The highest BCUT2D eigenvalue weighted by atomic mass is 19.1. The highest BCUT2D eigenvalue weighted by Gasteiger charge is 2.42. The van der Waals surface area contributed by atoms with Gasteiger partial charge in [0.25, 0.3) is 5.91 Å². The zero-order valence-corrected chi connectivity index (χ0v) is 20.5. The quantitative estimate of drug-likeness (QED) is 0.565. The summed E-state index contributed by atoms with van der Waals surface area (Å²) in [6, 6.07) is 11.7. The zero-order chi connectivity index (χ0) is 24.4. The summed E-state index contributed by atoms with van der Waals surface area (Å²) in [6.07, 6.45) is 3.10. The number of hydrogen-bond donors (Lipinski definition) is 0. The molecule has 6 rings (SSSR count). The van der Waals surface area contributed by atoms with E-state index in [-0.39, 0.29) is 42.8 Å². The molecule has 2 aliphatic heterocycles. The molecule has 1 aromatic heterocycles. The van der Waals surface area contributed by atoms with Gasteiger partial charge in [0.2, 0.25) is 0 Å². The van der Waals surface area contributed by atoms with E-state index < -0.39 is 6.17 Å². The molecule has 3 heterocycles. The molecule has 2 saturated heterocycles. The first-order valence-corrected chi connectivity index (χ1v) is 12.5. The van der Waals surface area contributed by atoms with Crippen LogP contribution in [0.2, 0.25) is 0 Å². The monoisotopic (exact) mass is 478 g/mol. The van der Waals surface area contributed by atoms with Crippen molar-refractivity contribution in [1.82, 2.24) is 19.3 Å². The van der Waals surface area contributed by atoms with Crippen LogP contribution in [0.4, 0.5) is 8.78 Å². The number of carbonyl (C=O) groups is 1. The number of likely N-dealkylation sites (N-methyl/N-ethyl adjacent to an activating group) is 1. The smallest absolute Gasteiger partial charge is 0.256 e. The highest BCUT2D eigenvalue weighted by molar-refractivity contribution is 6.07. The molecule has 1 amide bonds. The van der Waals surface area contributed by atoms with Crippen LogP contribution >= 0.6 is 0 Å². The Kier molecular flexibility index (Phi) is 5.45. The molecule has 2 aromatic carbocycles. The lowest BCUT2D eigenvalue weighted by Crippen LogP contribution is -2.51. The summed E-state index contributed by atoms with van der Waals surface area (Å²) >= 11 is 0. The van der Waals surface area contributed by atoms with Gasteiger partial charge in [-0.2, -0.15) is 0 Å². The van der Waals surface area contributed by atoms with Gasteiger partial charge in [0.05, 0.1) is 24.2 Å². The summed E-state index contributed by atoms with van der Waals surface area (Å²) in [5.74, 6) is 0.0336. The normalized spacial score (nSPS) is 25.0. The second-order valence-corrected chi connectivity index (χ2v) is 10.7. The predicted molar refractivity (Wildman–Crippen MR) is 133 cm³/mol. The molecule has 3 aliphatic rings. The van der Waals surface area contributed by atoms with Crippen molar-refractivity contribution >= 4 is 16.8 Å². The fourth-order valence-electron chi connectivity index (χ4n) is 6.60. The predicted octanol–water partition coefficient (Wildman–Crippen LogP) is 4.13. The van der Waals surface area contributed by atoms with Gasteiger partial charge in [-0.25, -0.2) is 8.78 Å². The first-order valence-electron chi connectivity index (χ1n) is 12.5. The van der Waals surface area contributed by atoms with Crippen molar-refractivity contribution in [3.8, 4) is 0 Å². The van der Waals surface area contributed by atoms with E-state index in [1.165, 1.54) is 5.56 Å². The average molecular weight is 479 g/mol. The molecule has 1 aliphatic carbocycles. The Bertz CT molecular complexity index is 1300. The Morgan fingerprint density at radius 1 is 1.06 bits per heavy atom. The fraction of sp³-hybridized carbons (Fsp3) is 0.464. The van der Waals surface area contributed by atoms with E-state index in [4.69, 9.17) is 0 Å². The molecule has 0 saturated carbocycles. The van der Waals surface area contributed by atoms with E-state index in [1.54, 1.807) is 11.0 Å². The van der Waals surface area contributed by atoms with Crippen LogP contribution in [-0.2, 0) is 13.5 Å². The lowest BCUT2D eigenvalue weighted by molar-refractivity contribution is 0.0402. The number of benzene rings is 2. The number of fused-ring (bicyclic) bond motifs is 2. The second kappa shape index (κ2) is 8.42. The third-order valence-corrected chi connectivity index (χ3v) is 8.37. The van der Waals surface area contributed by atoms with Crippen molar-refractivity contribution in [2.45, 2.75) is 37.0 Å². The van der Waals surface area contributed by atoms with Crippen LogP contribution in [0.1, 0.15) is 45.4 Å². The van der Waals surface area contributed by atoms with Gasteiger partial charge in [-0.3, -0.25) is 9.69 Å². The minimum atomic E-state index is -0.919. The molecule has 0 radical (unpaired) electrons. The van der Waals surface area contributed by atoms with Crippen LogP contribution < -0.4 is 0 Å². The Morgan fingerprint density at radius 3 is 2.57 bits per heavy atom. The summed E-state index contributed by atoms with van der Waals surface area (Å²) in [7, 11) is 6.21. The first-order chi connectivity index (χ1) is 16.8. The molecule has 3 atom stereocenters. The van der Waals surface area contributed by atoms with Crippen LogP contribution in [0.15, 0.2) is 42.6 Å². The van der Waals surface area contributed by atoms with Gasteiger partial charge < -0.3 is 14.4 Å². The number of halogens is 2. The van der Waals surface area contributed by atoms with Gasteiger partial charge in [0.1, 0.15) is 12.0 Å². The molecule has 0 N–H and O–H groups in total. The SMILES string of the molecule is CN(C)[C@H]1CN(C2CCc3cccc(F)c32)C[C@@H]1c1cn(C)c2c(C(=O)N3CC(F)C3)cccc12. The topological polar surface area (TPSA) is 31.7 Å². The fourth-order valence-corrected chi connectivity index (χ4v) is 6.60. The summed E-state index contributed by atoms with van der Waals surface area (Å²) in [5, 5.41) is 1.08. The molecule has 1 unspecified atom stereocenters. The van der Waals surface area contributed by atoms with Crippen LogP contribution in [0.25, 0.3) is 10.9 Å². The zero-order valence-electron chi connectivity index (χ0n) is 20.5. The van der Waals surface area contributed by atoms with Gasteiger partial charge >= 0.3 is 0 Å². The number of para-hydroxylation sites is 1. The maximum absolute atomic E-state index is 14.8. The molecular formula is C28H32F2N4O. The molecule has 5 nitrogen and oxygen atoms in total. The maximum Gasteiger partial charge on any atom is 0.256 e. The summed E-state index contributed by atoms with van der Waals surface area (Å²) in [4.78, 5) is 19.4. The standard InChI is InChI=1S/C28H32F2N4O/c1-31(2)25-16-33(24-11-10-17-6-4-9-23(30)26(17)24)15-22(25)21-14-32(3)27-19(21)7-5-8-20(27)28(35)34-12-18(29)13-34/h4-9,14,18,22,24-25H,10-13,15-16H2,1-3H3/t22-,24?,25+/m1/s1. The van der Waals surface area contributed by atoms with Crippen LogP contribution in [-0.4, -0.2) is 77.7 Å². The Labute approximate surface area is 204 Å². The van der Waals surface area contributed by atoms with Crippen LogP contribution in [0.5, 0.6) is 0 Å². The molecule has 184 valence electrons. The summed E-state index contributed by atoms with van der Waals surface area (Å²) in [5.41, 5.74) is 4.76. The number of likely N-dealkylation sites (tertiary alicyclic amines) is 2. The van der Waals surface area contributed by atoms with E-state index in [9.17, 15) is 13.6 Å². The molecule has 7 heteroatoms. The van der Waals surface area contributed by atoms with Crippen molar-refractivity contribution in [2.75, 3.05) is 40.3 Å². The van der Waals surface area contributed by atoms with Crippen molar-refractivity contribution in [3.63, 3.8) is 0 Å². The number of nitrogens with zero attached hydrogens (tertiary/aromatic N) is 4. The number of carbonyl (C=O) groups excluding carboxylic acids is 1. The second-order valence-electron chi connectivity index (χ2n) is 10.7. The highest BCUT2D eigenvalue weighted by Crippen LogP contribution is 2.44. The van der Waals surface area contributed by atoms with Gasteiger partial charge in [-0.15, -0.1) is 0 Å². The van der Waals surface area contributed by atoms with E-state index in [0.29, 0.717) is 5.56 Å². The van der Waals surface area contributed by atoms with Crippen LogP contribution in [0, 0.1) is 5.82 Å². The van der Waals surface area contributed by atoms with Gasteiger partial charge in [-0.1, -0.05) is 24.3 Å². The number of rotatable bonds is 4. The molecular weight excluding hydrogens is 446 g/mol. The third kappa shape index (κ3) is 3.59. The first kappa shape index (κ1) is 22.7. The molecule has 3 aromatic rings. The van der Waals surface area contributed by atoms with E-state index in [2.05, 4.69) is 42.2 Å². The Balaban J connectivity index is 1.36. The molecule has 0 spiro atoms. The summed E-state index contributed by atoms with van der Waals surface area (Å²) < 4.78 is 30.3. The van der Waals surface area contributed by atoms with E-state index in [0.717, 1.165) is 48.0 Å². The van der Waals surface area contributed by atoms with Crippen molar-refractivity contribution in [2.24, 2.45) is 7.05 Å². The van der Waals surface area contributed by atoms with E-state index in [1.807, 2.05) is 29.8 Å². The largest absolute Gasteiger partial charge is 0.350 e. The molecule has 35 heavy (non-hydrogen) atoms. The lowest BCUT2D eigenvalue weighted by Gasteiger charge is -2.34. The van der Waals surface area contributed by atoms with Crippen molar-refractivity contribution < 1.29 is 13.6 Å². The minimum absolute atomic E-state index is 0.0929. The molecule has 2 fully saturated rings. The maximum atomic E-state index is 14.8. The average Bonchev–Trinajstić information content (AvgIpc) is 3.52. The molecule has 0 bridgehead atoms. The van der Waals surface area contributed by atoms with Gasteiger partial charge in [0.15, 0.2) is 0 Å². The Hall–Kier alpha value is -2.77. The van der Waals surface area contributed by atoms with Crippen molar-refractivity contribution in [3.05, 3.63) is 70.7 Å². The number of alkyl halides is 1. The number of amides is 1. The van der Waals surface area contributed by atoms with Gasteiger partial charge in [0, 0.05) is 55.3 Å². The number of hydrogen-bond acceptors (Lipinski definition) is 3. The van der Waals surface area contributed by atoms with Crippen LogP contribution in [0.3, 0.4) is 0 Å². The van der Waals surface area contributed by atoms with E-state index >= 15 is 0 Å².